The molecule has 0 aliphatic carbocycles. The molecule has 0 aliphatic heterocycles. The molecule has 2 atom stereocenters. The molecular formula is C18H20NO12PS2. The molecule has 13 nitrogen and oxygen atoms in total. The summed E-state index contributed by atoms with van der Waals surface area (Å²) in [5.74, 6) is -8.78. The zero-order valence-corrected chi connectivity index (χ0v) is 19.9. The number of aromatic nitrogens is 1. The van der Waals surface area contributed by atoms with Crippen molar-refractivity contribution in [1.82, 2.24) is 4.98 Å². The van der Waals surface area contributed by atoms with Crippen LogP contribution in [0.1, 0.15) is 30.7 Å². The van der Waals surface area contributed by atoms with E-state index in [2.05, 4.69) is 17.6 Å². The van der Waals surface area contributed by atoms with Gasteiger partial charge in [-0.25, -0.2) is 4.98 Å². The molecule has 1 heterocycles. The van der Waals surface area contributed by atoms with Gasteiger partial charge in [0.15, 0.2) is 5.12 Å². The van der Waals surface area contributed by atoms with E-state index < -0.39 is 60.0 Å². The number of thiazole rings is 1. The van der Waals surface area contributed by atoms with E-state index in [-0.39, 0.29) is 6.42 Å². The molecule has 16 heteroatoms. The van der Waals surface area contributed by atoms with Gasteiger partial charge in [-0.1, -0.05) is 19.1 Å². The van der Waals surface area contributed by atoms with Crippen LogP contribution in [0.5, 0.6) is 0 Å². The van der Waals surface area contributed by atoms with Crippen LogP contribution in [0, 0.1) is 5.41 Å². The fourth-order valence-corrected chi connectivity index (χ4v) is 5.67. The molecule has 34 heavy (non-hydrogen) atoms. The Bertz CT molecular complexity index is 1090. The van der Waals surface area contributed by atoms with Gasteiger partial charge >= 0.3 is 31.5 Å². The second-order valence-electron chi connectivity index (χ2n) is 6.75. The number of carbonyl (C=O) groups is 5. The van der Waals surface area contributed by atoms with Crippen LogP contribution in [0.3, 0.4) is 0 Å². The van der Waals surface area contributed by atoms with E-state index in [0.29, 0.717) is 5.01 Å². The SMILES string of the molecule is CCC(C(C(=O)O)(C(=O)O)C(=O)O)P(=O)(O)O.O=C(O)CC(C(=O)S)c1nc2ccccc2s1. The summed E-state index contributed by atoms with van der Waals surface area (Å²) in [6.07, 6.45) is -0.892. The van der Waals surface area contributed by atoms with Gasteiger partial charge in [-0.15, -0.1) is 24.0 Å². The molecule has 6 N–H and O–H groups in total. The third kappa shape index (κ3) is 6.39. The van der Waals surface area contributed by atoms with Crippen molar-refractivity contribution in [1.29, 1.82) is 0 Å². The average molecular weight is 537 g/mol. The van der Waals surface area contributed by atoms with E-state index >= 15 is 0 Å². The predicted octanol–water partition coefficient (Wildman–Crippen LogP) is 1.49. The number of rotatable bonds is 10. The molecule has 2 rings (SSSR count). The quantitative estimate of drug-likeness (QED) is 0.129. The lowest BCUT2D eigenvalue weighted by molar-refractivity contribution is -0.176. The number of hydrogen-bond donors (Lipinski definition) is 7. The largest absolute Gasteiger partial charge is 0.481 e. The number of carbonyl (C=O) groups excluding carboxylic acids is 1. The zero-order chi connectivity index (χ0) is 26.4. The molecule has 0 bridgehead atoms. The molecule has 0 saturated heterocycles. The first-order chi connectivity index (χ1) is 15.6. The summed E-state index contributed by atoms with van der Waals surface area (Å²) in [6, 6.07) is 7.44. The topological polar surface area (TPSA) is 237 Å². The van der Waals surface area contributed by atoms with Crippen LogP contribution in [0.15, 0.2) is 24.3 Å². The standard InChI is InChI=1S/C11H9NO3S2.C7H11O9P/c13-9(14)5-6(11(15)16)10-12-7-3-1-2-4-8(7)17-10;1-2-3(17(14,15)16)7(4(8)9,5(10)11)6(12)13/h1-4,6H,5H2,(H,13,14)(H,15,16);3H,2H2,1H3,(H,8,9)(H,10,11)(H,12,13)(H2,14,15,16). The summed E-state index contributed by atoms with van der Waals surface area (Å²) >= 11 is 5.06. The Balaban J connectivity index is 0.000000340. The number of fused-ring (bicyclic) bond motifs is 1. The molecule has 0 fully saturated rings. The van der Waals surface area contributed by atoms with Crippen LogP contribution in [-0.2, 0) is 28.5 Å². The van der Waals surface area contributed by atoms with Crippen molar-refractivity contribution in [2.45, 2.75) is 31.3 Å². The molecule has 2 unspecified atom stereocenters. The van der Waals surface area contributed by atoms with Crippen molar-refractivity contribution < 1.29 is 58.8 Å². The molecule has 1 aromatic carbocycles. The van der Waals surface area contributed by atoms with Crippen molar-refractivity contribution >= 4 is 70.8 Å². The van der Waals surface area contributed by atoms with Gasteiger partial charge in [0.25, 0.3) is 5.41 Å². The fraction of sp³-hybridized carbons (Fsp3) is 0.333. The van der Waals surface area contributed by atoms with Gasteiger partial charge in [-0.05, 0) is 18.6 Å². The van der Waals surface area contributed by atoms with Crippen molar-refractivity contribution in [3.63, 3.8) is 0 Å². The number of hydrogen-bond acceptors (Lipinski definition) is 8. The van der Waals surface area contributed by atoms with Crippen LogP contribution >= 0.6 is 31.6 Å². The van der Waals surface area contributed by atoms with Crippen LogP contribution in [-0.4, -0.2) is 69.8 Å². The molecule has 0 saturated carbocycles. The summed E-state index contributed by atoms with van der Waals surface area (Å²) in [5, 5.41) is 35.0. The lowest BCUT2D eigenvalue weighted by Gasteiger charge is -2.29. The Labute approximate surface area is 200 Å². The molecule has 0 radical (unpaired) electrons. The maximum Gasteiger partial charge on any atom is 0.333 e. The summed E-state index contributed by atoms with van der Waals surface area (Å²) in [4.78, 5) is 76.6. The van der Waals surface area contributed by atoms with Crippen molar-refractivity contribution in [2.75, 3.05) is 0 Å². The van der Waals surface area contributed by atoms with Gasteiger partial charge in [0.2, 0.25) is 0 Å². The number of benzene rings is 1. The molecule has 0 aliphatic rings. The van der Waals surface area contributed by atoms with Crippen molar-refractivity contribution in [3.8, 4) is 0 Å². The zero-order valence-electron chi connectivity index (χ0n) is 17.3. The summed E-state index contributed by atoms with van der Waals surface area (Å²) in [5.41, 5.74) is -5.13. The van der Waals surface area contributed by atoms with Crippen LogP contribution in [0.2, 0.25) is 0 Å². The van der Waals surface area contributed by atoms with Gasteiger partial charge in [0.1, 0.15) is 5.01 Å². The molecule has 0 amide bonds. The van der Waals surface area contributed by atoms with E-state index in [1.165, 1.54) is 11.3 Å². The smallest absolute Gasteiger partial charge is 0.333 e. The van der Waals surface area contributed by atoms with Gasteiger partial charge < -0.3 is 30.2 Å². The minimum Gasteiger partial charge on any atom is -0.481 e. The molecule has 1 aromatic heterocycles. The van der Waals surface area contributed by atoms with Crippen LogP contribution in [0.25, 0.3) is 10.2 Å². The Morgan fingerprint density at radius 1 is 1.03 bits per heavy atom. The Hall–Kier alpha value is -2.84. The number of carboxylic acids is 4. The van der Waals surface area contributed by atoms with Gasteiger partial charge in [0, 0.05) is 0 Å². The second-order valence-corrected chi connectivity index (χ2v) is 10.0. The van der Waals surface area contributed by atoms with E-state index in [0.717, 1.165) is 17.1 Å². The predicted molar refractivity (Wildman–Crippen MR) is 120 cm³/mol. The third-order valence-electron chi connectivity index (χ3n) is 4.59. The lowest BCUT2D eigenvalue weighted by Crippen LogP contribution is -2.54. The number of nitrogens with zero attached hydrogens (tertiary/aromatic N) is 1. The minimum absolute atomic E-state index is 0.276. The van der Waals surface area contributed by atoms with E-state index in [1.54, 1.807) is 0 Å². The molecular weight excluding hydrogens is 517 g/mol. The van der Waals surface area contributed by atoms with E-state index in [4.69, 9.17) is 30.2 Å². The van der Waals surface area contributed by atoms with Gasteiger partial charge in [-0.3, -0.25) is 28.5 Å². The second kappa shape index (κ2) is 11.5. The summed E-state index contributed by atoms with van der Waals surface area (Å²) in [7, 11) is -5.20. The first-order valence-electron chi connectivity index (χ1n) is 9.16. The number of carboxylic acid groups (broad SMARTS) is 4. The van der Waals surface area contributed by atoms with E-state index in [9.17, 15) is 28.5 Å². The molecule has 2 aromatic rings. The monoisotopic (exact) mass is 537 g/mol. The Morgan fingerprint density at radius 2 is 1.53 bits per heavy atom. The normalized spacial score (nSPS) is 13.3. The first kappa shape index (κ1) is 29.2. The molecule has 186 valence electrons. The Morgan fingerprint density at radius 3 is 1.85 bits per heavy atom. The number of thiol groups is 1. The Kier molecular flexibility index (Phi) is 9.90. The third-order valence-corrected chi connectivity index (χ3v) is 7.62. The van der Waals surface area contributed by atoms with Gasteiger partial charge in [0.05, 0.1) is 28.2 Å². The van der Waals surface area contributed by atoms with Crippen LogP contribution < -0.4 is 0 Å². The van der Waals surface area contributed by atoms with Crippen LogP contribution in [0.4, 0.5) is 0 Å². The highest BCUT2D eigenvalue weighted by Crippen LogP contribution is 2.52. The summed E-state index contributed by atoms with van der Waals surface area (Å²) < 4.78 is 12.0. The number of aliphatic carboxylic acids is 4. The highest BCUT2D eigenvalue weighted by molar-refractivity contribution is 7.96. The average Bonchev–Trinajstić information content (AvgIpc) is 3.12. The highest BCUT2D eigenvalue weighted by atomic mass is 32.1. The van der Waals surface area contributed by atoms with E-state index in [1.807, 2.05) is 24.3 Å². The van der Waals surface area contributed by atoms with Crippen molar-refractivity contribution in [3.05, 3.63) is 29.3 Å². The first-order valence-corrected chi connectivity index (χ1v) is 12.1. The fourth-order valence-electron chi connectivity index (χ4n) is 2.99. The highest BCUT2D eigenvalue weighted by Gasteiger charge is 2.64. The number of para-hydroxylation sites is 1. The maximum atomic E-state index is 11.3. The maximum absolute atomic E-state index is 11.3. The summed E-state index contributed by atoms with van der Waals surface area (Å²) in [6.45, 7) is 1.09. The van der Waals surface area contributed by atoms with Gasteiger partial charge in [-0.2, -0.15) is 0 Å². The minimum atomic E-state index is -5.20. The lowest BCUT2D eigenvalue weighted by atomic mass is 9.83. The van der Waals surface area contributed by atoms with Crippen molar-refractivity contribution in [2.24, 2.45) is 5.41 Å². The molecule has 0 spiro atoms.